The highest BCUT2D eigenvalue weighted by Gasteiger charge is 2.34. The molecule has 0 aliphatic rings. The molecule has 5 rings (SSSR count). The van der Waals surface area contributed by atoms with Crippen LogP contribution in [0.15, 0.2) is 104 Å². The first-order chi connectivity index (χ1) is 18.9. The van der Waals surface area contributed by atoms with Crippen molar-refractivity contribution in [1.82, 2.24) is 14.8 Å². The van der Waals surface area contributed by atoms with Crippen LogP contribution in [-0.2, 0) is 18.7 Å². The molecule has 1 unspecified atom stereocenters. The number of halogens is 2. The first kappa shape index (κ1) is 25.9. The number of ether oxygens (including phenoxy) is 1. The number of hydrogen-bond acceptors (Lipinski definition) is 6. The van der Waals surface area contributed by atoms with E-state index in [1.165, 1.54) is 23.4 Å². The number of benzene rings is 4. The van der Waals surface area contributed by atoms with E-state index in [0.717, 1.165) is 28.8 Å². The largest absolute Gasteiger partial charge is 0.506 e. The lowest BCUT2D eigenvalue weighted by Gasteiger charge is -2.29. The molecular formula is C30H26F2N4O3. The van der Waals surface area contributed by atoms with Gasteiger partial charge in [-0.15, -0.1) is 0 Å². The first-order valence-electron chi connectivity index (χ1n) is 12.2. The minimum Gasteiger partial charge on any atom is -0.506 e. The summed E-state index contributed by atoms with van der Waals surface area (Å²) in [7, 11) is 0. The zero-order valence-electron chi connectivity index (χ0n) is 20.8. The van der Waals surface area contributed by atoms with Crippen molar-refractivity contribution in [3.63, 3.8) is 0 Å². The molecule has 1 heterocycles. The summed E-state index contributed by atoms with van der Waals surface area (Å²) in [6, 6.07) is 25.4. The van der Waals surface area contributed by atoms with Gasteiger partial charge in [-0.3, -0.25) is 0 Å². The van der Waals surface area contributed by atoms with Crippen LogP contribution in [0, 0.1) is 11.6 Å². The second kappa shape index (κ2) is 11.3. The van der Waals surface area contributed by atoms with Crippen molar-refractivity contribution in [2.24, 2.45) is 0 Å². The van der Waals surface area contributed by atoms with Crippen LogP contribution in [0.3, 0.4) is 0 Å². The van der Waals surface area contributed by atoms with E-state index in [2.05, 4.69) is 15.4 Å². The number of nitrogens with zero attached hydrogens (tertiary/aromatic N) is 3. The third-order valence-electron chi connectivity index (χ3n) is 6.33. The lowest BCUT2D eigenvalue weighted by Crippen LogP contribution is -2.39. The summed E-state index contributed by atoms with van der Waals surface area (Å²) < 4.78 is 35.3. The number of aromatic nitrogens is 3. The molecule has 5 aromatic rings. The number of aromatic hydroxyl groups is 1. The van der Waals surface area contributed by atoms with E-state index < -0.39 is 17.2 Å². The Bertz CT molecular complexity index is 1530. The number of aliphatic hydroxyl groups is 1. The van der Waals surface area contributed by atoms with E-state index in [-0.39, 0.29) is 24.5 Å². The van der Waals surface area contributed by atoms with Gasteiger partial charge in [0.15, 0.2) is 0 Å². The Balaban J connectivity index is 1.25. The summed E-state index contributed by atoms with van der Waals surface area (Å²) in [5, 5.41) is 28.5. The van der Waals surface area contributed by atoms with Gasteiger partial charge in [0.05, 0.1) is 12.2 Å². The van der Waals surface area contributed by atoms with Crippen molar-refractivity contribution < 1.29 is 23.7 Å². The van der Waals surface area contributed by atoms with Crippen molar-refractivity contribution in [2.45, 2.75) is 18.7 Å². The molecule has 1 atom stereocenters. The number of nitrogens with one attached hydrogen (secondary N) is 1. The van der Waals surface area contributed by atoms with Gasteiger partial charge in [-0.1, -0.05) is 54.6 Å². The Kier molecular flexibility index (Phi) is 7.51. The van der Waals surface area contributed by atoms with Crippen LogP contribution in [0.1, 0.15) is 11.1 Å². The van der Waals surface area contributed by atoms with E-state index in [9.17, 15) is 19.0 Å². The fourth-order valence-corrected chi connectivity index (χ4v) is 4.24. The maximum atomic E-state index is 14.6. The van der Waals surface area contributed by atoms with Crippen molar-refractivity contribution in [3.8, 4) is 22.6 Å². The van der Waals surface area contributed by atoms with Crippen LogP contribution < -0.4 is 10.1 Å². The summed E-state index contributed by atoms with van der Waals surface area (Å²) in [5.74, 6) is -0.940. The van der Waals surface area contributed by atoms with Gasteiger partial charge in [0.2, 0.25) is 0 Å². The monoisotopic (exact) mass is 528 g/mol. The SMILES string of the molecule is Oc1ccccc1NCc1ccc(-c2ccc(OCC(O)(Cn3cncn3)c3ccc(F)cc3F)cc2)cc1. The number of rotatable bonds is 10. The van der Waals surface area contributed by atoms with Crippen molar-refractivity contribution in [2.75, 3.05) is 11.9 Å². The average molecular weight is 529 g/mol. The normalized spacial score (nSPS) is 12.6. The van der Waals surface area contributed by atoms with E-state index in [1.54, 1.807) is 24.3 Å². The van der Waals surface area contributed by atoms with Gasteiger partial charge in [0.1, 0.15) is 48.0 Å². The Labute approximate surface area is 224 Å². The Morgan fingerprint density at radius 1 is 0.897 bits per heavy atom. The van der Waals surface area contributed by atoms with Crippen LogP contribution >= 0.6 is 0 Å². The quantitative estimate of drug-likeness (QED) is 0.207. The van der Waals surface area contributed by atoms with E-state index >= 15 is 0 Å². The molecular weight excluding hydrogens is 502 g/mol. The second-order valence-electron chi connectivity index (χ2n) is 9.13. The molecule has 0 aliphatic carbocycles. The van der Waals surface area contributed by atoms with Crippen LogP contribution in [-0.4, -0.2) is 31.6 Å². The highest BCUT2D eigenvalue weighted by molar-refractivity contribution is 5.64. The van der Waals surface area contributed by atoms with Gasteiger partial charge in [0, 0.05) is 18.2 Å². The molecule has 3 N–H and O–H groups in total. The second-order valence-corrected chi connectivity index (χ2v) is 9.13. The molecule has 0 amide bonds. The van der Waals surface area contributed by atoms with Gasteiger partial charge >= 0.3 is 0 Å². The number of phenols is 1. The molecule has 0 aliphatic heterocycles. The number of anilines is 1. The molecule has 1 aromatic heterocycles. The standard InChI is InChI=1S/C30H26F2N4O3/c31-24-11-14-26(27(32)15-24)30(38,17-36-20-33-19-35-36)18-39-25-12-9-23(10-13-25)22-7-5-21(6-8-22)16-34-28-3-1-2-4-29(28)37/h1-15,19-20,34,37-38H,16-18H2. The fourth-order valence-electron chi connectivity index (χ4n) is 4.24. The van der Waals surface area contributed by atoms with Crippen LogP contribution in [0.2, 0.25) is 0 Å². The summed E-state index contributed by atoms with van der Waals surface area (Å²) >= 11 is 0. The lowest BCUT2D eigenvalue weighted by atomic mass is 9.94. The van der Waals surface area contributed by atoms with E-state index in [4.69, 9.17) is 4.74 Å². The Hall–Kier alpha value is -4.76. The van der Waals surface area contributed by atoms with Crippen molar-refractivity contribution in [3.05, 3.63) is 126 Å². The maximum Gasteiger partial charge on any atom is 0.146 e. The first-order valence-corrected chi connectivity index (χ1v) is 12.2. The van der Waals surface area contributed by atoms with E-state index in [1.807, 2.05) is 48.5 Å². The molecule has 0 bridgehead atoms. The van der Waals surface area contributed by atoms with Gasteiger partial charge < -0.3 is 20.3 Å². The highest BCUT2D eigenvalue weighted by Crippen LogP contribution is 2.29. The Morgan fingerprint density at radius 2 is 1.62 bits per heavy atom. The van der Waals surface area contributed by atoms with Gasteiger partial charge in [-0.25, -0.2) is 18.4 Å². The number of phenolic OH excluding ortho intramolecular Hbond substituents is 1. The molecule has 0 fully saturated rings. The average Bonchev–Trinajstić information content (AvgIpc) is 3.45. The Morgan fingerprint density at radius 3 is 2.28 bits per heavy atom. The minimum absolute atomic E-state index is 0.104. The summed E-state index contributed by atoms with van der Waals surface area (Å²) in [6.45, 7) is 0.128. The maximum absolute atomic E-state index is 14.6. The fraction of sp³-hybridized carbons (Fsp3) is 0.133. The molecule has 4 aromatic carbocycles. The minimum atomic E-state index is -1.83. The molecule has 198 valence electrons. The highest BCUT2D eigenvalue weighted by atomic mass is 19.1. The predicted molar refractivity (Wildman–Crippen MR) is 143 cm³/mol. The van der Waals surface area contributed by atoms with Crippen LogP contribution in [0.4, 0.5) is 14.5 Å². The van der Waals surface area contributed by atoms with Gasteiger partial charge in [-0.2, -0.15) is 5.10 Å². The molecule has 9 heteroatoms. The zero-order chi connectivity index (χ0) is 27.2. The topological polar surface area (TPSA) is 92.4 Å². The van der Waals surface area contributed by atoms with Gasteiger partial charge in [0.25, 0.3) is 0 Å². The number of para-hydroxylation sites is 2. The lowest BCUT2D eigenvalue weighted by molar-refractivity contribution is -0.0297. The van der Waals surface area contributed by atoms with Crippen molar-refractivity contribution >= 4 is 5.69 Å². The van der Waals surface area contributed by atoms with Gasteiger partial charge in [-0.05, 0) is 47.0 Å². The zero-order valence-corrected chi connectivity index (χ0v) is 20.8. The number of hydrogen-bond donors (Lipinski definition) is 3. The summed E-state index contributed by atoms with van der Waals surface area (Å²) in [5.41, 5.74) is 1.76. The smallest absolute Gasteiger partial charge is 0.146 e. The van der Waals surface area contributed by atoms with Crippen LogP contribution in [0.25, 0.3) is 11.1 Å². The van der Waals surface area contributed by atoms with Crippen molar-refractivity contribution in [1.29, 1.82) is 0 Å². The summed E-state index contributed by atoms with van der Waals surface area (Å²) in [6.07, 6.45) is 2.70. The third-order valence-corrected chi connectivity index (χ3v) is 6.33. The molecule has 0 saturated heterocycles. The van der Waals surface area contributed by atoms with Crippen LogP contribution in [0.5, 0.6) is 11.5 Å². The molecule has 0 saturated carbocycles. The third kappa shape index (κ3) is 6.22. The molecule has 7 nitrogen and oxygen atoms in total. The molecule has 0 spiro atoms. The predicted octanol–water partition coefficient (Wildman–Crippen LogP) is 5.51. The van der Waals surface area contributed by atoms with E-state index in [0.29, 0.717) is 18.0 Å². The molecule has 0 radical (unpaired) electrons. The molecule has 39 heavy (non-hydrogen) atoms. The summed E-state index contributed by atoms with van der Waals surface area (Å²) in [4.78, 5) is 3.86.